The van der Waals surface area contributed by atoms with Crippen LogP contribution >= 0.6 is 0 Å². The van der Waals surface area contributed by atoms with Gasteiger partial charge in [-0.3, -0.25) is 4.79 Å². The van der Waals surface area contributed by atoms with E-state index in [1.54, 1.807) is 11.8 Å². The predicted octanol–water partition coefficient (Wildman–Crippen LogP) is 2.79. The summed E-state index contributed by atoms with van der Waals surface area (Å²) < 4.78 is 1.45. The Morgan fingerprint density at radius 1 is 1.11 bits per heavy atom. The first kappa shape index (κ1) is 19.9. The molecule has 0 bridgehead atoms. The van der Waals surface area contributed by atoms with E-state index in [-0.39, 0.29) is 17.0 Å². The number of hydrogen-bond acceptors (Lipinski definition) is 4. The first-order valence-electron chi connectivity index (χ1n) is 9.58. The van der Waals surface area contributed by atoms with Gasteiger partial charge >= 0.3 is 5.97 Å². The standard InChI is InChI=1S/C21H28N4O3/c1-15(20(27)28)25-13-17(22-14-25)19(26)24-11-9-23(10-12-24)18-8-6-5-7-16(18)21(2,3)4/h5-8,13-15H,9-12H2,1-4H3,(H,27,28). The number of imidazole rings is 1. The summed E-state index contributed by atoms with van der Waals surface area (Å²) in [6.45, 7) is 10.9. The van der Waals surface area contributed by atoms with Crippen LogP contribution in [0, 0.1) is 0 Å². The van der Waals surface area contributed by atoms with E-state index in [1.807, 2.05) is 0 Å². The minimum atomic E-state index is -0.956. The highest BCUT2D eigenvalue weighted by Crippen LogP contribution is 2.32. The molecule has 1 aromatic carbocycles. The van der Waals surface area contributed by atoms with E-state index in [4.69, 9.17) is 5.11 Å². The summed E-state index contributed by atoms with van der Waals surface area (Å²) in [5, 5.41) is 9.10. The zero-order valence-electron chi connectivity index (χ0n) is 16.9. The van der Waals surface area contributed by atoms with Gasteiger partial charge in [-0.2, -0.15) is 0 Å². The van der Waals surface area contributed by atoms with E-state index < -0.39 is 12.0 Å². The third kappa shape index (κ3) is 4.03. The normalized spacial score (nSPS) is 16.1. The van der Waals surface area contributed by atoms with Crippen LogP contribution in [0.2, 0.25) is 0 Å². The van der Waals surface area contributed by atoms with E-state index >= 15 is 0 Å². The van der Waals surface area contributed by atoms with Crippen molar-refractivity contribution in [3.8, 4) is 0 Å². The topological polar surface area (TPSA) is 78.7 Å². The molecule has 2 aromatic rings. The third-order valence-electron chi connectivity index (χ3n) is 5.24. The molecule has 3 rings (SSSR count). The minimum absolute atomic E-state index is 0.0528. The SMILES string of the molecule is CC(C(=O)O)n1cnc(C(=O)N2CCN(c3ccccc3C(C)(C)C)CC2)c1. The number of anilines is 1. The predicted molar refractivity (Wildman–Crippen MR) is 108 cm³/mol. The van der Waals surface area contributed by atoms with Gasteiger partial charge in [-0.1, -0.05) is 39.0 Å². The van der Waals surface area contributed by atoms with Crippen molar-refractivity contribution in [3.05, 3.63) is 48.0 Å². The number of amides is 1. The molecule has 7 heteroatoms. The fourth-order valence-corrected chi connectivity index (χ4v) is 3.48. The number of hydrogen-bond donors (Lipinski definition) is 1. The van der Waals surface area contributed by atoms with Crippen molar-refractivity contribution in [2.24, 2.45) is 0 Å². The summed E-state index contributed by atoms with van der Waals surface area (Å²) in [5.74, 6) is -1.11. The molecule has 2 heterocycles. The molecular formula is C21H28N4O3. The van der Waals surface area contributed by atoms with Gasteiger partial charge in [0.2, 0.25) is 0 Å². The lowest BCUT2D eigenvalue weighted by Gasteiger charge is -2.38. The number of carbonyl (C=O) groups excluding carboxylic acids is 1. The van der Waals surface area contributed by atoms with Crippen molar-refractivity contribution in [3.63, 3.8) is 0 Å². The smallest absolute Gasteiger partial charge is 0.326 e. The Labute approximate surface area is 165 Å². The van der Waals surface area contributed by atoms with Crippen LogP contribution in [-0.4, -0.2) is 57.6 Å². The van der Waals surface area contributed by atoms with Gasteiger partial charge in [0, 0.05) is 38.1 Å². The van der Waals surface area contributed by atoms with Crippen molar-refractivity contribution in [1.29, 1.82) is 0 Å². The number of piperazine rings is 1. The van der Waals surface area contributed by atoms with Crippen molar-refractivity contribution in [1.82, 2.24) is 14.5 Å². The number of carboxylic acids is 1. The molecule has 0 spiro atoms. The molecule has 150 valence electrons. The van der Waals surface area contributed by atoms with Crippen LogP contribution in [-0.2, 0) is 10.2 Å². The monoisotopic (exact) mass is 384 g/mol. The van der Waals surface area contributed by atoms with Gasteiger partial charge in [0.15, 0.2) is 0 Å². The average molecular weight is 384 g/mol. The summed E-state index contributed by atoms with van der Waals surface area (Å²) >= 11 is 0. The molecule has 0 radical (unpaired) electrons. The summed E-state index contributed by atoms with van der Waals surface area (Å²) in [7, 11) is 0. The second kappa shape index (κ2) is 7.66. The highest BCUT2D eigenvalue weighted by atomic mass is 16.4. The summed E-state index contributed by atoms with van der Waals surface area (Å²) in [6, 6.07) is 7.69. The highest BCUT2D eigenvalue weighted by molar-refractivity contribution is 5.92. The molecule has 1 unspecified atom stereocenters. The number of rotatable bonds is 4. The van der Waals surface area contributed by atoms with E-state index in [0.717, 1.165) is 13.1 Å². The van der Waals surface area contributed by atoms with Crippen LogP contribution in [0.3, 0.4) is 0 Å². The molecule has 1 saturated heterocycles. The molecule has 0 aliphatic carbocycles. The maximum absolute atomic E-state index is 12.8. The van der Waals surface area contributed by atoms with Crippen molar-refractivity contribution in [2.75, 3.05) is 31.1 Å². The first-order valence-corrected chi connectivity index (χ1v) is 9.58. The van der Waals surface area contributed by atoms with E-state index in [1.165, 1.54) is 28.3 Å². The van der Waals surface area contributed by atoms with Gasteiger partial charge in [-0.15, -0.1) is 0 Å². The summed E-state index contributed by atoms with van der Waals surface area (Å²) in [4.78, 5) is 32.1. The lowest BCUT2D eigenvalue weighted by atomic mass is 9.85. The van der Waals surface area contributed by atoms with Crippen LogP contribution in [0.5, 0.6) is 0 Å². The Hall–Kier alpha value is -2.83. The Bertz CT molecular complexity index is 861. The maximum atomic E-state index is 12.8. The van der Waals surface area contributed by atoms with E-state index in [2.05, 4.69) is 54.9 Å². The van der Waals surface area contributed by atoms with Gasteiger partial charge in [-0.25, -0.2) is 9.78 Å². The number of carbonyl (C=O) groups is 2. The molecular weight excluding hydrogens is 356 g/mol. The third-order valence-corrected chi connectivity index (χ3v) is 5.24. The Morgan fingerprint density at radius 2 is 1.75 bits per heavy atom. The Kier molecular flexibility index (Phi) is 5.45. The van der Waals surface area contributed by atoms with Crippen LogP contribution in [0.15, 0.2) is 36.8 Å². The van der Waals surface area contributed by atoms with Crippen LogP contribution in [0.4, 0.5) is 5.69 Å². The summed E-state index contributed by atoms with van der Waals surface area (Å²) in [6.07, 6.45) is 2.92. The highest BCUT2D eigenvalue weighted by Gasteiger charge is 2.27. The van der Waals surface area contributed by atoms with Gasteiger partial charge in [0.1, 0.15) is 11.7 Å². The van der Waals surface area contributed by atoms with Crippen LogP contribution < -0.4 is 4.90 Å². The Balaban J connectivity index is 1.68. The number of nitrogens with zero attached hydrogens (tertiary/aromatic N) is 4. The maximum Gasteiger partial charge on any atom is 0.326 e. The number of carboxylic acid groups (broad SMARTS) is 1. The number of benzene rings is 1. The van der Waals surface area contributed by atoms with Crippen molar-refractivity contribution >= 4 is 17.6 Å². The molecule has 1 fully saturated rings. The fourth-order valence-electron chi connectivity index (χ4n) is 3.48. The molecule has 1 aromatic heterocycles. The van der Waals surface area contributed by atoms with Gasteiger partial charge in [-0.05, 0) is 24.0 Å². The van der Waals surface area contributed by atoms with Crippen LogP contribution in [0.1, 0.15) is 49.8 Å². The molecule has 1 aliphatic heterocycles. The van der Waals surface area contributed by atoms with Crippen molar-refractivity contribution in [2.45, 2.75) is 39.2 Å². The zero-order chi connectivity index (χ0) is 20.5. The second-order valence-corrected chi connectivity index (χ2v) is 8.27. The molecule has 1 aliphatic rings. The van der Waals surface area contributed by atoms with Gasteiger partial charge < -0.3 is 19.5 Å². The number of aliphatic carboxylic acids is 1. The first-order chi connectivity index (χ1) is 13.2. The second-order valence-electron chi connectivity index (χ2n) is 8.27. The molecule has 28 heavy (non-hydrogen) atoms. The largest absolute Gasteiger partial charge is 0.480 e. The van der Waals surface area contributed by atoms with E-state index in [9.17, 15) is 9.59 Å². The minimum Gasteiger partial charge on any atom is -0.480 e. The lowest BCUT2D eigenvalue weighted by molar-refractivity contribution is -0.140. The lowest BCUT2D eigenvalue weighted by Crippen LogP contribution is -2.49. The average Bonchev–Trinajstić information content (AvgIpc) is 3.16. The van der Waals surface area contributed by atoms with E-state index in [0.29, 0.717) is 13.1 Å². The molecule has 7 nitrogen and oxygen atoms in total. The van der Waals surface area contributed by atoms with Gasteiger partial charge in [0.05, 0.1) is 6.33 Å². The number of aromatic nitrogens is 2. The summed E-state index contributed by atoms with van der Waals surface area (Å²) in [5.41, 5.74) is 2.87. The molecule has 1 amide bonds. The molecule has 1 N–H and O–H groups in total. The number of para-hydroxylation sites is 1. The van der Waals surface area contributed by atoms with Crippen LogP contribution in [0.25, 0.3) is 0 Å². The quantitative estimate of drug-likeness (QED) is 0.877. The molecule has 1 atom stereocenters. The van der Waals surface area contributed by atoms with Crippen molar-refractivity contribution < 1.29 is 14.7 Å². The van der Waals surface area contributed by atoms with Gasteiger partial charge in [0.25, 0.3) is 5.91 Å². The molecule has 0 saturated carbocycles. The Morgan fingerprint density at radius 3 is 2.36 bits per heavy atom. The zero-order valence-corrected chi connectivity index (χ0v) is 16.9. The fraction of sp³-hybridized carbons (Fsp3) is 0.476.